The van der Waals surface area contributed by atoms with Crippen molar-refractivity contribution in [1.29, 1.82) is 0 Å². The normalized spacial score (nSPS) is 12.4. The molecule has 28 heavy (non-hydrogen) atoms. The third-order valence-electron chi connectivity index (χ3n) is 4.01. The van der Waals surface area contributed by atoms with Gasteiger partial charge in [-0.1, -0.05) is 36.4 Å². The van der Waals surface area contributed by atoms with Crippen LogP contribution in [0.25, 0.3) is 0 Å². The molecule has 0 bridgehead atoms. The molecule has 0 aliphatic rings. The van der Waals surface area contributed by atoms with E-state index < -0.39 is 11.7 Å². The first kappa shape index (κ1) is 19.9. The molecule has 1 heterocycles. The Morgan fingerprint density at radius 3 is 2.61 bits per heavy atom. The van der Waals surface area contributed by atoms with Crippen LogP contribution >= 0.6 is 11.3 Å². The second kappa shape index (κ2) is 8.43. The molecule has 2 N–H and O–H groups in total. The molecule has 0 radical (unpaired) electrons. The van der Waals surface area contributed by atoms with Gasteiger partial charge in [0.25, 0.3) is 0 Å². The Morgan fingerprint density at radius 1 is 1.14 bits per heavy atom. The molecule has 8 heteroatoms. The summed E-state index contributed by atoms with van der Waals surface area (Å²) in [5, 5.41) is 7.90. The number of carbonyl (C=O) groups is 1. The summed E-state index contributed by atoms with van der Waals surface area (Å²) in [6, 6.07) is 14.4. The van der Waals surface area contributed by atoms with E-state index in [-0.39, 0.29) is 24.1 Å². The van der Waals surface area contributed by atoms with E-state index in [9.17, 15) is 18.0 Å². The molecule has 2 aromatic carbocycles. The molecule has 3 aromatic rings. The topological polar surface area (TPSA) is 54.0 Å². The highest BCUT2D eigenvalue weighted by Crippen LogP contribution is 2.31. The minimum absolute atomic E-state index is 0.0952. The maximum atomic E-state index is 12.8. The monoisotopic (exact) mass is 405 g/mol. The Morgan fingerprint density at radius 2 is 1.89 bits per heavy atom. The molecule has 1 atom stereocenters. The lowest BCUT2D eigenvalue weighted by Crippen LogP contribution is -2.28. The van der Waals surface area contributed by atoms with E-state index in [4.69, 9.17) is 0 Å². The van der Waals surface area contributed by atoms with Gasteiger partial charge in [-0.25, -0.2) is 4.98 Å². The Hall–Kier alpha value is -2.87. The van der Waals surface area contributed by atoms with Gasteiger partial charge in [0.05, 0.1) is 23.7 Å². The van der Waals surface area contributed by atoms with E-state index >= 15 is 0 Å². The standard InChI is InChI=1S/C20H18F3N3OS/c1-13(14-6-3-2-4-7-14)24-18(27)11-17-12-28-19(26-17)25-16-9-5-8-15(10-16)20(21,22)23/h2-10,12-13H,11H2,1H3,(H,24,27)(H,25,26). The molecule has 146 valence electrons. The SMILES string of the molecule is CC(NC(=O)Cc1csc(Nc2cccc(C(F)(F)F)c2)n1)c1ccccc1. The van der Waals surface area contributed by atoms with Crippen molar-refractivity contribution in [3.05, 3.63) is 76.8 Å². The summed E-state index contributed by atoms with van der Waals surface area (Å²) in [5.41, 5.74) is 1.11. The molecule has 0 saturated heterocycles. The molecule has 0 fully saturated rings. The number of amides is 1. The Labute approximate surface area is 164 Å². The van der Waals surface area contributed by atoms with Gasteiger partial charge in [0, 0.05) is 11.1 Å². The largest absolute Gasteiger partial charge is 0.416 e. The molecule has 1 unspecified atom stereocenters. The lowest BCUT2D eigenvalue weighted by atomic mass is 10.1. The molecule has 0 saturated carbocycles. The summed E-state index contributed by atoms with van der Waals surface area (Å²) in [5.74, 6) is -0.174. The number of halogens is 3. The predicted molar refractivity (Wildman–Crippen MR) is 104 cm³/mol. The fraction of sp³-hybridized carbons (Fsp3) is 0.200. The summed E-state index contributed by atoms with van der Waals surface area (Å²) >= 11 is 1.23. The summed E-state index contributed by atoms with van der Waals surface area (Å²) in [6.07, 6.45) is -4.31. The number of rotatable bonds is 6. The molecular weight excluding hydrogens is 387 g/mol. The number of carbonyl (C=O) groups excluding carboxylic acids is 1. The van der Waals surface area contributed by atoms with Crippen LogP contribution in [0.1, 0.15) is 29.8 Å². The number of thiazole rings is 1. The van der Waals surface area contributed by atoms with Crippen LogP contribution in [0.15, 0.2) is 60.0 Å². The van der Waals surface area contributed by atoms with Gasteiger partial charge in [0.1, 0.15) is 0 Å². The average molecular weight is 405 g/mol. The molecule has 0 spiro atoms. The van der Waals surface area contributed by atoms with E-state index in [0.29, 0.717) is 10.8 Å². The maximum absolute atomic E-state index is 12.8. The second-order valence-electron chi connectivity index (χ2n) is 6.22. The Bertz CT molecular complexity index is 941. The zero-order valence-electron chi connectivity index (χ0n) is 15.0. The number of nitrogens with one attached hydrogen (secondary N) is 2. The minimum Gasteiger partial charge on any atom is -0.349 e. The Balaban J connectivity index is 1.59. The van der Waals surface area contributed by atoms with Crippen molar-refractivity contribution >= 4 is 28.1 Å². The van der Waals surface area contributed by atoms with Crippen LogP contribution in [0, 0.1) is 0 Å². The van der Waals surface area contributed by atoms with Gasteiger partial charge in [-0.2, -0.15) is 13.2 Å². The molecule has 3 rings (SSSR count). The lowest BCUT2D eigenvalue weighted by molar-refractivity contribution is -0.137. The fourth-order valence-corrected chi connectivity index (χ4v) is 3.35. The molecule has 0 aliphatic carbocycles. The van der Waals surface area contributed by atoms with Gasteiger partial charge in [-0.05, 0) is 30.7 Å². The predicted octanol–water partition coefficient (Wildman–Crippen LogP) is 5.33. The summed E-state index contributed by atoms with van der Waals surface area (Å²) in [6.45, 7) is 1.90. The van der Waals surface area contributed by atoms with Crippen LogP contribution in [0.2, 0.25) is 0 Å². The third-order valence-corrected chi connectivity index (χ3v) is 4.82. The van der Waals surface area contributed by atoms with Gasteiger partial charge < -0.3 is 10.6 Å². The van der Waals surface area contributed by atoms with Crippen LogP contribution in [-0.2, 0) is 17.4 Å². The van der Waals surface area contributed by atoms with Gasteiger partial charge in [0.2, 0.25) is 5.91 Å². The van der Waals surface area contributed by atoms with Crippen LogP contribution < -0.4 is 10.6 Å². The van der Waals surface area contributed by atoms with E-state index in [2.05, 4.69) is 15.6 Å². The van der Waals surface area contributed by atoms with E-state index in [0.717, 1.165) is 17.7 Å². The Kier molecular flexibility index (Phi) is 5.99. The van der Waals surface area contributed by atoms with E-state index in [1.54, 1.807) is 5.38 Å². The average Bonchev–Trinajstić information content (AvgIpc) is 3.08. The number of nitrogens with zero attached hydrogens (tertiary/aromatic N) is 1. The van der Waals surface area contributed by atoms with Crippen molar-refractivity contribution in [3.8, 4) is 0 Å². The van der Waals surface area contributed by atoms with Crippen molar-refractivity contribution in [2.75, 3.05) is 5.32 Å². The molecular formula is C20H18F3N3OS. The van der Waals surface area contributed by atoms with Crippen LogP contribution in [0.4, 0.5) is 24.0 Å². The maximum Gasteiger partial charge on any atom is 0.416 e. The van der Waals surface area contributed by atoms with Crippen molar-refractivity contribution in [2.45, 2.75) is 25.6 Å². The zero-order valence-corrected chi connectivity index (χ0v) is 15.8. The first-order valence-corrected chi connectivity index (χ1v) is 9.42. The number of anilines is 2. The lowest BCUT2D eigenvalue weighted by Gasteiger charge is -2.13. The molecule has 1 amide bonds. The summed E-state index contributed by atoms with van der Waals surface area (Å²) in [7, 11) is 0. The van der Waals surface area contributed by atoms with Crippen LogP contribution in [0.5, 0.6) is 0 Å². The van der Waals surface area contributed by atoms with Gasteiger partial charge in [0.15, 0.2) is 5.13 Å². The van der Waals surface area contributed by atoms with E-state index in [1.807, 2.05) is 37.3 Å². The highest BCUT2D eigenvalue weighted by atomic mass is 32.1. The molecule has 1 aromatic heterocycles. The first-order valence-electron chi connectivity index (χ1n) is 8.54. The number of benzene rings is 2. The number of hydrogen-bond donors (Lipinski definition) is 2. The number of hydrogen-bond acceptors (Lipinski definition) is 4. The number of alkyl halides is 3. The second-order valence-corrected chi connectivity index (χ2v) is 7.08. The van der Waals surface area contributed by atoms with Crippen molar-refractivity contribution in [1.82, 2.24) is 10.3 Å². The minimum atomic E-state index is -4.40. The first-order chi connectivity index (χ1) is 13.3. The fourth-order valence-electron chi connectivity index (χ4n) is 2.62. The smallest absolute Gasteiger partial charge is 0.349 e. The van der Waals surface area contributed by atoms with Gasteiger partial charge >= 0.3 is 6.18 Å². The third kappa shape index (κ3) is 5.32. The summed E-state index contributed by atoms with van der Waals surface area (Å²) < 4.78 is 38.4. The highest BCUT2D eigenvalue weighted by molar-refractivity contribution is 7.13. The van der Waals surface area contributed by atoms with E-state index in [1.165, 1.54) is 23.5 Å². The van der Waals surface area contributed by atoms with Crippen molar-refractivity contribution in [2.24, 2.45) is 0 Å². The molecule has 4 nitrogen and oxygen atoms in total. The van der Waals surface area contributed by atoms with Crippen molar-refractivity contribution < 1.29 is 18.0 Å². The summed E-state index contributed by atoms with van der Waals surface area (Å²) in [4.78, 5) is 16.5. The van der Waals surface area contributed by atoms with Gasteiger partial charge in [-0.3, -0.25) is 4.79 Å². The zero-order chi connectivity index (χ0) is 20.1. The quantitative estimate of drug-likeness (QED) is 0.583. The van der Waals surface area contributed by atoms with Crippen molar-refractivity contribution in [3.63, 3.8) is 0 Å². The highest BCUT2D eigenvalue weighted by Gasteiger charge is 2.30. The van der Waals surface area contributed by atoms with Gasteiger partial charge in [-0.15, -0.1) is 11.3 Å². The molecule has 0 aliphatic heterocycles. The van der Waals surface area contributed by atoms with Crippen LogP contribution in [-0.4, -0.2) is 10.9 Å². The van der Waals surface area contributed by atoms with Crippen LogP contribution in [0.3, 0.4) is 0 Å². The number of aromatic nitrogens is 1.